The quantitative estimate of drug-likeness (QED) is 0.565. The minimum atomic E-state index is -4.76. The third-order valence-electron chi connectivity index (χ3n) is 6.04. The van der Waals surface area contributed by atoms with E-state index in [1.165, 1.54) is 6.92 Å². The number of nitrogens with one attached hydrogen (secondary N) is 2. The van der Waals surface area contributed by atoms with Crippen molar-refractivity contribution in [1.82, 2.24) is 10.3 Å². The number of hydrogen-bond acceptors (Lipinski definition) is 5. The van der Waals surface area contributed by atoms with E-state index >= 15 is 0 Å². The summed E-state index contributed by atoms with van der Waals surface area (Å²) in [6, 6.07) is 7.71. The highest BCUT2D eigenvalue weighted by molar-refractivity contribution is 5.97. The molecule has 0 radical (unpaired) electrons. The second kappa shape index (κ2) is 9.06. The molecule has 1 aliphatic heterocycles. The summed E-state index contributed by atoms with van der Waals surface area (Å²) in [7, 11) is 1.76. The van der Waals surface area contributed by atoms with E-state index in [2.05, 4.69) is 15.6 Å². The molecule has 1 aromatic carbocycles. The fourth-order valence-corrected chi connectivity index (χ4v) is 3.99. The molecule has 2 aromatic rings. The highest BCUT2D eigenvalue weighted by Gasteiger charge is 2.65. The summed E-state index contributed by atoms with van der Waals surface area (Å²) >= 11 is 0. The van der Waals surface area contributed by atoms with E-state index in [1.54, 1.807) is 31.3 Å². The van der Waals surface area contributed by atoms with Crippen LogP contribution in [-0.4, -0.2) is 41.7 Å². The molecule has 1 aliphatic rings. The van der Waals surface area contributed by atoms with Crippen LogP contribution < -0.4 is 16.4 Å². The monoisotopic (exact) mass is 468 g/mol. The smallest absolute Gasteiger partial charge is 0.364 e. The molecule has 4 atom stereocenters. The zero-order valence-electron chi connectivity index (χ0n) is 18.2. The van der Waals surface area contributed by atoms with E-state index in [-0.39, 0.29) is 5.69 Å². The fraction of sp³-hybridized carbons (Fsp3) is 0.409. The molecule has 33 heavy (non-hydrogen) atoms. The molecule has 0 unspecified atom stereocenters. The van der Waals surface area contributed by atoms with Gasteiger partial charge in [0.1, 0.15) is 11.8 Å². The van der Waals surface area contributed by atoms with Gasteiger partial charge in [-0.05, 0) is 31.2 Å². The third-order valence-corrected chi connectivity index (χ3v) is 6.04. The van der Waals surface area contributed by atoms with Gasteiger partial charge in [-0.1, -0.05) is 31.2 Å². The molecule has 2 amide bonds. The van der Waals surface area contributed by atoms with E-state index in [0.29, 0.717) is 18.3 Å². The number of aromatic nitrogens is 1. The average molecular weight is 468 g/mol. The number of alkyl halides is 3. The summed E-state index contributed by atoms with van der Waals surface area (Å²) in [5, 5.41) is 5.20. The van der Waals surface area contributed by atoms with Gasteiger partial charge < -0.3 is 21.1 Å². The molecular formula is C22H24F4N4O3. The Bertz CT molecular complexity index is 1040. The summed E-state index contributed by atoms with van der Waals surface area (Å²) in [5.41, 5.74) is 3.14. The predicted molar refractivity (Wildman–Crippen MR) is 112 cm³/mol. The maximum atomic E-state index is 14.2. The van der Waals surface area contributed by atoms with Crippen molar-refractivity contribution in [2.75, 3.05) is 12.4 Å². The molecule has 0 aliphatic carbocycles. The van der Waals surface area contributed by atoms with Gasteiger partial charge in [0.25, 0.3) is 11.8 Å². The van der Waals surface area contributed by atoms with Crippen LogP contribution in [0.2, 0.25) is 0 Å². The number of amides is 2. The molecule has 1 saturated heterocycles. The van der Waals surface area contributed by atoms with Crippen LogP contribution in [0.5, 0.6) is 0 Å². The number of rotatable bonds is 6. The summed E-state index contributed by atoms with van der Waals surface area (Å²) in [6.07, 6.45) is -5.65. The Hall–Kier alpha value is -3.05. The van der Waals surface area contributed by atoms with Gasteiger partial charge in [-0.2, -0.15) is 13.2 Å². The lowest BCUT2D eigenvalue weighted by Crippen LogP contribution is -2.47. The summed E-state index contributed by atoms with van der Waals surface area (Å²) in [6.45, 7) is 2.82. The number of pyridine rings is 1. The number of nitrogens with zero attached hydrogens (tertiary/aromatic N) is 1. The lowest BCUT2D eigenvalue weighted by molar-refractivity contribution is -0.272. The fourth-order valence-electron chi connectivity index (χ4n) is 3.99. The molecule has 3 rings (SSSR count). The number of carbonyl (C=O) groups excluding carboxylic acids is 2. The molecule has 0 bridgehead atoms. The Balaban J connectivity index is 1.98. The van der Waals surface area contributed by atoms with Crippen LogP contribution in [0.1, 0.15) is 41.4 Å². The largest absolute Gasteiger partial charge is 0.417 e. The Kier molecular flexibility index (Phi) is 6.75. The van der Waals surface area contributed by atoms with Crippen molar-refractivity contribution in [3.63, 3.8) is 0 Å². The molecule has 11 heteroatoms. The minimum absolute atomic E-state index is 0.316. The molecule has 2 heterocycles. The standard InChI is InChI=1S/C22H24F4N4O3/c1-11-17(13-6-4-12(5-7-13)9-28-3)18(33-21(11,2)22(24,25)26)20(32)30-15-8-16(19(27)31)29-10-14(15)23/h4-8,10-11,17-18,28H,9H2,1-3H3,(H2,27,31)(H,29,30,32)/t11-,17-,18+,21+/m0/s1. The molecule has 0 spiro atoms. The average Bonchev–Trinajstić information content (AvgIpc) is 3.02. The molecule has 178 valence electrons. The first-order valence-electron chi connectivity index (χ1n) is 10.1. The van der Waals surface area contributed by atoms with Crippen LogP contribution in [0, 0.1) is 11.7 Å². The highest BCUT2D eigenvalue weighted by atomic mass is 19.4. The Labute approximate surface area is 187 Å². The molecule has 1 fully saturated rings. The van der Waals surface area contributed by atoms with E-state index in [4.69, 9.17) is 10.5 Å². The van der Waals surface area contributed by atoms with E-state index in [0.717, 1.165) is 18.6 Å². The summed E-state index contributed by atoms with van der Waals surface area (Å²) < 4.78 is 61.3. The van der Waals surface area contributed by atoms with Crippen molar-refractivity contribution in [2.24, 2.45) is 11.7 Å². The molecule has 7 nitrogen and oxygen atoms in total. The van der Waals surface area contributed by atoms with Gasteiger partial charge in [-0.15, -0.1) is 0 Å². The van der Waals surface area contributed by atoms with E-state index < -0.39 is 53.0 Å². The lowest BCUT2D eigenvalue weighted by Gasteiger charge is -2.31. The van der Waals surface area contributed by atoms with Crippen LogP contribution in [0.4, 0.5) is 23.2 Å². The van der Waals surface area contributed by atoms with Crippen LogP contribution in [0.25, 0.3) is 0 Å². The molecule has 4 N–H and O–H groups in total. The number of halogens is 4. The van der Waals surface area contributed by atoms with Gasteiger partial charge in [0, 0.05) is 18.4 Å². The maximum absolute atomic E-state index is 14.2. The van der Waals surface area contributed by atoms with E-state index in [1.807, 2.05) is 0 Å². The van der Waals surface area contributed by atoms with Gasteiger partial charge in [-0.3, -0.25) is 9.59 Å². The van der Waals surface area contributed by atoms with E-state index in [9.17, 15) is 27.2 Å². The van der Waals surface area contributed by atoms with Crippen LogP contribution in [0.15, 0.2) is 36.5 Å². The molecular weight excluding hydrogens is 444 g/mol. The number of anilines is 1. The molecule has 0 saturated carbocycles. The normalized spacial score (nSPS) is 25.1. The van der Waals surface area contributed by atoms with Crippen molar-refractivity contribution in [3.05, 3.63) is 59.2 Å². The van der Waals surface area contributed by atoms with Gasteiger partial charge in [0.05, 0.1) is 11.9 Å². The van der Waals surface area contributed by atoms with Crippen molar-refractivity contribution in [2.45, 2.75) is 44.2 Å². The number of ether oxygens (including phenoxy) is 1. The van der Waals surface area contributed by atoms with Gasteiger partial charge >= 0.3 is 6.18 Å². The first kappa shape index (κ1) is 24.6. The van der Waals surface area contributed by atoms with Crippen molar-refractivity contribution >= 4 is 17.5 Å². The second-order valence-electron chi connectivity index (χ2n) is 8.13. The number of primary amides is 1. The van der Waals surface area contributed by atoms with Crippen molar-refractivity contribution < 1.29 is 31.9 Å². The maximum Gasteiger partial charge on any atom is 0.417 e. The van der Waals surface area contributed by atoms with Crippen LogP contribution >= 0.6 is 0 Å². The Morgan fingerprint density at radius 3 is 2.42 bits per heavy atom. The third kappa shape index (κ3) is 4.69. The Morgan fingerprint density at radius 2 is 1.88 bits per heavy atom. The summed E-state index contributed by atoms with van der Waals surface area (Å²) in [4.78, 5) is 27.9. The molecule has 1 aromatic heterocycles. The zero-order chi connectivity index (χ0) is 24.6. The number of nitrogens with two attached hydrogens (primary N) is 1. The number of benzene rings is 1. The SMILES string of the molecule is CNCc1ccc([C@H]2[C@H](C(=O)Nc3cc(C(N)=O)ncc3F)O[C@@](C)(C(F)(F)F)[C@H]2C)cc1. The van der Waals surface area contributed by atoms with Gasteiger partial charge in [-0.25, -0.2) is 9.37 Å². The number of hydrogen-bond donors (Lipinski definition) is 3. The van der Waals surface area contributed by atoms with Crippen molar-refractivity contribution in [3.8, 4) is 0 Å². The van der Waals surface area contributed by atoms with Crippen LogP contribution in [-0.2, 0) is 16.1 Å². The number of carbonyl (C=O) groups is 2. The zero-order valence-corrected chi connectivity index (χ0v) is 18.2. The first-order valence-corrected chi connectivity index (χ1v) is 10.1. The van der Waals surface area contributed by atoms with Crippen molar-refractivity contribution in [1.29, 1.82) is 0 Å². The highest BCUT2D eigenvalue weighted by Crippen LogP contribution is 2.53. The minimum Gasteiger partial charge on any atom is -0.364 e. The summed E-state index contributed by atoms with van der Waals surface area (Å²) in [5.74, 6) is -5.03. The Morgan fingerprint density at radius 1 is 1.24 bits per heavy atom. The van der Waals surface area contributed by atoms with Gasteiger partial charge in [0.15, 0.2) is 11.4 Å². The lowest BCUT2D eigenvalue weighted by atomic mass is 9.77. The van der Waals surface area contributed by atoms with Gasteiger partial charge in [0.2, 0.25) is 0 Å². The second-order valence-corrected chi connectivity index (χ2v) is 8.13. The van der Waals surface area contributed by atoms with Crippen LogP contribution in [0.3, 0.4) is 0 Å². The topological polar surface area (TPSA) is 106 Å². The first-order chi connectivity index (χ1) is 15.4. The predicted octanol–water partition coefficient (Wildman–Crippen LogP) is 3.12.